The van der Waals surface area contributed by atoms with E-state index in [-0.39, 0.29) is 11.5 Å². The Bertz CT molecular complexity index is 648. The molecule has 0 aliphatic heterocycles. The fourth-order valence-corrected chi connectivity index (χ4v) is 2.04. The van der Waals surface area contributed by atoms with Gasteiger partial charge >= 0.3 is 5.97 Å². The average molecular weight is 324 g/mol. The van der Waals surface area contributed by atoms with E-state index >= 15 is 0 Å². The topological polar surface area (TPSA) is 79.5 Å². The van der Waals surface area contributed by atoms with Crippen LogP contribution in [0.15, 0.2) is 39.4 Å². The van der Waals surface area contributed by atoms with Crippen molar-refractivity contribution >= 4 is 33.5 Å². The van der Waals surface area contributed by atoms with Crippen LogP contribution >= 0.6 is 15.9 Å². The number of furan rings is 1. The summed E-state index contributed by atoms with van der Waals surface area (Å²) in [5, 5.41) is 11.6. The quantitative estimate of drug-likeness (QED) is 0.908. The van der Waals surface area contributed by atoms with E-state index in [2.05, 4.69) is 21.2 Å². The highest BCUT2D eigenvalue weighted by Crippen LogP contribution is 2.20. The molecular weight excluding hydrogens is 314 g/mol. The van der Waals surface area contributed by atoms with Gasteiger partial charge in [-0.15, -0.1) is 0 Å². The minimum Gasteiger partial charge on any atom is -0.478 e. The Morgan fingerprint density at radius 2 is 1.95 bits per heavy atom. The maximum Gasteiger partial charge on any atom is 0.335 e. The molecule has 98 valence electrons. The number of anilines is 1. The largest absolute Gasteiger partial charge is 0.478 e. The number of rotatable bonds is 3. The van der Waals surface area contributed by atoms with Crippen molar-refractivity contribution in [1.82, 2.24) is 0 Å². The van der Waals surface area contributed by atoms with Crippen molar-refractivity contribution in [2.45, 2.75) is 6.92 Å². The zero-order chi connectivity index (χ0) is 14.0. The minimum atomic E-state index is -1.06. The first-order valence-corrected chi connectivity index (χ1v) is 6.15. The van der Waals surface area contributed by atoms with E-state index in [9.17, 15) is 9.59 Å². The van der Waals surface area contributed by atoms with Gasteiger partial charge in [0.25, 0.3) is 5.91 Å². The third-order valence-electron chi connectivity index (χ3n) is 2.40. The van der Waals surface area contributed by atoms with Crippen LogP contribution in [0.2, 0.25) is 0 Å². The van der Waals surface area contributed by atoms with E-state index < -0.39 is 5.97 Å². The fraction of sp³-hybridized carbons (Fsp3) is 0.0769. The van der Waals surface area contributed by atoms with Gasteiger partial charge < -0.3 is 14.8 Å². The highest BCUT2D eigenvalue weighted by atomic mass is 79.9. The highest BCUT2D eigenvalue weighted by molar-refractivity contribution is 9.10. The van der Waals surface area contributed by atoms with Crippen LogP contribution in [0, 0.1) is 6.92 Å². The number of aryl methyl sites for hydroxylation is 1. The fourth-order valence-electron chi connectivity index (χ4n) is 1.55. The maximum atomic E-state index is 11.9. The standard InChI is InChI=1S/C13H10BrNO4/c1-7-2-9(6-19-7)12(16)15-11-4-8(13(17)18)3-10(14)5-11/h2-6H,1H3,(H,15,16)(H,17,18). The lowest BCUT2D eigenvalue weighted by Crippen LogP contribution is -2.11. The van der Waals surface area contributed by atoms with Gasteiger partial charge in [-0.05, 0) is 31.2 Å². The number of carbonyl (C=O) groups is 2. The van der Waals surface area contributed by atoms with Crippen molar-refractivity contribution in [3.05, 3.63) is 51.9 Å². The second-order valence-electron chi connectivity index (χ2n) is 3.93. The minimum absolute atomic E-state index is 0.0908. The molecule has 0 aliphatic carbocycles. The molecule has 19 heavy (non-hydrogen) atoms. The Kier molecular flexibility index (Phi) is 3.71. The van der Waals surface area contributed by atoms with Crippen molar-refractivity contribution in [3.63, 3.8) is 0 Å². The monoisotopic (exact) mass is 323 g/mol. The van der Waals surface area contributed by atoms with E-state index in [0.717, 1.165) is 0 Å². The van der Waals surface area contributed by atoms with Gasteiger partial charge in [0.1, 0.15) is 12.0 Å². The molecular formula is C13H10BrNO4. The van der Waals surface area contributed by atoms with E-state index in [4.69, 9.17) is 9.52 Å². The average Bonchev–Trinajstić information content (AvgIpc) is 2.75. The summed E-state index contributed by atoms with van der Waals surface area (Å²) in [5.74, 6) is -0.784. The third-order valence-corrected chi connectivity index (χ3v) is 2.85. The molecule has 1 aromatic heterocycles. The van der Waals surface area contributed by atoms with Crippen molar-refractivity contribution in [2.24, 2.45) is 0 Å². The molecule has 0 atom stereocenters. The van der Waals surface area contributed by atoms with Gasteiger partial charge in [-0.2, -0.15) is 0 Å². The molecule has 5 nitrogen and oxygen atoms in total. The predicted octanol–water partition coefficient (Wildman–Crippen LogP) is 3.30. The van der Waals surface area contributed by atoms with Crippen LogP contribution in [0.4, 0.5) is 5.69 Å². The van der Waals surface area contributed by atoms with Gasteiger partial charge in [0, 0.05) is 10.2 Å². The van der Waals surface area contributed by atoms with Gasteiger partial charge in [-0.25, -0.2) is 4.79 Å². The lowest BCUT2D eigenvalue weighted by Gasteiger charge is -2.05. The number of nitrogens with one attached hydrogen (secondary N) is 1. The summed E-state index contributed by atoms with van der Waals surface area (Å²) in [6.07, 6.45) is 1.35. The second-order valence-corrected chi connectivity index (χ2v) is 4.85. The Morgan fingerprint density at radius 3 is 2.53 bits per heavy atom. The molecule has 0 fully saturated rings. The van der Waals surface area contributed by atoms with E-state index in [1.54, 1.807) is 19.1 Å². The molecule has 0 aliphatic rings. The summed E-state index contributed by atoms with van der Waals surface area (Å²) >= 11 is 3.20. The zero-order valence-corrected chi connectivity index (χ0v) is 11.5. The first kappa shape index (κ1) is 13.4. The van der Waals surface area contributed by atoms with Gasteiger partial charge in [0.15, 0.2) is 0 Å². The molecule has 1 aromatic carbocycles. The van der Waals surface area contributed by atoms with Crippen LogP contribution in [0.5, 0.6) is 0 Å². The molecule has 0 radical (unpaired) electrons. The number of hydrogen-bond acceptors (Lipinski definition) is 3. The van der Waals surface area contributed by atoms with Crippen LogP contribution in [0.25, 0.3) is 0 Å². The van der Waals surface area contributed by atoms with Crippen LogP contribution in [0.1, 0.15) is 26.5 Å². The molecule has 2 N–H and O–H groups in total. The van der Waals surface area contributed by atoms with Crippen molar-refractivity contribution in [2.75, 3.05) is 5.32 Å². The summed E-state index contributed by atoms with van der Waals surface area (Å²) in [7, 11) is 0. The normalized spacial score (nSPS) is 10.2. The Morgan fingerprint density at radius 1 is 1.21 bits per heavy atom. The number of aromatic carboxylic acids is 1. The molecule has 0 spiro atoms. The van der Waals surface area contributed by atoms with Crippen LogP contribution < -0.4 is 5.32 Å². The summed E-state index contributed by atoms with van der Waals surface area (Å²) in [5.41, 5.74) is 0.873. The van der Waals surface area contributed by atoms with E-state index in [0.29, 0.717) is 21.5 Å². The number of amides is 1. The first-order valence-electron chi connectivity index (χ1n) is 5.36. The molecule has 0 saturated heterocycles. The number of carboxylic acid groups (broad SMARTS) is 1. The van der Waals surface area contributed by atoms with E-state index in [1.165, 1.54) is 18.4 Å². The van der Waals surface area contributed by atoms with Crippen molar-refractivity contribution in [3.8, 4) is 0 Å². The molecule has 0 bridgehead atoms. The highest BCUT2D eigenvalue weighted by Gasteiger charge is 2.11. The number of hydrogen-bond donors (Lipinski definition) is 2. The Hall–Kier alpha value is -2.08. The Balaban J connectivity index is 2.23. The number of carbonyl (C=O) groups excluding carboxylic acids is 1. The third kappa shape index (κ3) is 3.23. The second kappa shape index (κ2) is 5.27. The summed E-state index contributed by atoms with van der Waals surface area (Å²) in [6.45, 7) is 1.73. The zero-order valence-electron chi connectivity index (χ0n) is 9.94. The van der Waals surface area contributed by atoms with Crippen LogP contribution in [-0.2, 0) is 0 Å². The molecule has 0 unspecified atom stereocenters. The van der Waals surface area contributed by atoms with Crippen molar-refractivity contribution in [1.29, 1.82) is 0 Å². The van der Waals surface area contributed by atoms with Gasteiger partial charge in [0.05, 0.1) is 11.1 Å². The number of carboxylic acids is 1. The van der Waals surface area contributed by atoms with E-state index in [1.807, 2.05) is 0 Å². The lowest BCUT2D eigenvalue weighted by molar-refractivity contribution is 0.0696. The first-order chi connectivity index (χ1) is 8.95. The molecule has 2 aromatic rings. The van der Waals surface area contributed by atoms with Crippen LogP contribution in [0.3, 0.4) is 0 Å². The lowest BCUT2D eigenvalue weighted by atomic mass is 10.2. The Labute approximate surface area is 117 Å². The molecule has 6 heteroatoms. The SMILES string of the molecule is Cc1cc(C(=O)Nc2cc(Br)cc(C(=O)O)c2)co1. The molecule has 1 amide bonds. The summed E-state index contributed by atoms with van der Waals surface area (Å²) in [6, 6.07) is 6.07. The van der Waals surface area contributed by atoms with Gasteiger partial charge in [-0.3, -0.25) is 4.79 Å². The molecule has 2 rings (SSSR count). The molecule has 1 heterocycles. The van der Waals surface area contributed by atoms with Gasteiger partial charge in [-0.1, -0.05) is 15.9 Å². The number of halogens is 1. The van der Waals surface area contributed by atoms with Gasteiger partial charge in [0.2, 0.25) is 0 Å². The van der Waals surface area contributed by atoms with Crippen LogP contribution in [-0.4, -0.2) is 17.0 Å². The molecule has 0 saturated carbocycles. The van der Waals surface area contributed by atoms with Crippen molar-refractivity contribution < 1.29 is 19.1 Å². The number of benzene rings is 1. The smallest absolute Gasteiger partial charge is 0.335 e. The summed E-state index contributed by atoms with van der Waals surface area (Å²) < 4.78 is 5.62. The maximum absolute atomic E-state index is 11.9. The summed E-state index contributed by atoms with van der Waals surface area (Å²) in [4.78, 5) is 22.8. The predicted molar refractivity (Wildman–Crippen MR) is 72.5 cm³/mol.